The maximum Gasteiger partial charge on any atom is 0.222 e. The molecule has 0 saturated carbocycles. The molecule has 1 N–H and O–H groups in total. The molecule has 1 aromatic rings. The van der Waals surface area contributed by atoms with Crippen molar-refractivity contribution in [2.75, 3.05) is 26.7 Å². The third kappa shape index (κ3) is 4.34. The number of methoxy groups -OCH3 is 1. The summed E-state index contributed by atoms with van der Waals surface area (Å²) in [7, 11) is 1.69. The molecular formula is C18H26N2O2. The number of nitrogens with zero attached hydrogens (tertiary/aromatic N) is 1. The molecule has 1 aromatic carbocycles. The maximum atomic E-state index is 12.1. The molecule has 1 fully saturated rings. The largest absolute Gasteiger partial charge is 0.496 e. The van der Waals surface area contributed by atoms with Crippen molar-refractivity contribution in [2.45, 2.75) is 31.7 Å². The number of carbonyl (C=O) groups excluding carboxylic acids is 1. The van der Waals surface area contributed by atoms with Gasteiger partial charge < -0.3 is 15.0 Å². The summed E-state index contributed by atoms with van der Waals surface area (Å²) in [4.78, 5) is 14.2. The lowest BCUT2D eigenvalue weighted by atomic mass is 10.1. The second kappa shape index (κ2) is 8.59. The van der Waals surface area contributed by atoms with E-state index in [9.17, 15) is 4.79 Å². The quantitative estimate of drug-likeness (QED) is 0.562. The predicted molar refractivity (Wildman–Crippen MR) is 89.1 cm³/mol. The van der Waals surface area contributed by atoms with Gasteiger partial charge in [-0.05, 0) is 37.4 Å². The van der Waals surface area contributed by atoms with Crippen molar-refractivity contribution in [1.29, 1.82) is 0 Å². The van der Waals surface area contributed by atoms with Crippen LogP contribution in [0.1, 0.15) is 24.8 Å². The van der Waals surface area contributed by atoms with E-state index in [0.29, 0.717) is 12.5 Å². The van der Waals surface area contributed by atoms with Crippen LogP contribution in [0.25, 0.3) is 0 Å². The van der Waals surface area contributed by atoms with Crippen LogP contribution in [0.5, 0.6) is 5.75 Å². The van der Waals surface area contributed by atoms with Crippen LogP contribution in [-0.4, -0.2) is 43.6 Å². The van der Waals surface area contributed by atoms with Crippen molar-refractivity contribution >= 4 is 5.91 Å². The van der Waals surface area contributed by atoms with Crippen molar-refractivity contribution in [3.05, 3.63) is 42.5 Å². The molecule has 0 radical (unpaired) electrons. The Hall–Kier alpha value is -1.81. The second-order valence-electron chi connectivity index (χ2n) is 5.62. The molecule has 0 spiro atoms. The fourth-order valence-corrected chi connectivity index (χ4v) is 3.02. The van der Waals surface area contributed by atoms with Crippen LogP contribution in [0.4, 0.5) is 0 Å². The van der Waals surface area contributed by atoms with Crippen molar-refractivity contribution < 1.29 is 9.53 Å². The first-order valence-electron chi connectivity index (χ1n) is 7.99. The monoisotopic (exact) mass is 302 g/mol. The highest BCUT2D eigenvalue weighted by Crippen LogP contribution is 2.23. The molecule has 4 nitrogen and oxygen atoms in total. The molecule has 4 heteroatoms. The van der Waals surface area contributed by atoms with Crippen LogP contribution in [0.2, 0.25) is 0 Å². The Bertz CT molecular complexity index is 502. The van der Waals surface area contributed by atoms with E-state index in [1.165, 1.54) is 0 Å². The lowest BCUT2D eigenvalue weighted by molar-refractivity contribution is -0.129. The van der Waals surface area contributed by atoms with Crippen LogP contribution in [0, 0.1) is 0 Å². The fraction of sp³-hybridized carbons (Fsp3) is 0.500. The van der Waals surface area contributed by atoms with E-state index in [1.54, 1.807) is 7.11 Å². The Morgan fingerprint density at radius 1 is 1.45 bits per heavy atom. The Labute approximate surface area is 133 Å². The molecule has 120 valence electrons. The van der Waals surface area contributed by atoms with Crippen molar-refractivity contribution in [1.82, 2.24) is 10.2 Å². The topological polar surface area (TPSA) is 41.6 Å². The zero-order chi connectivity index (χ0) is 15.8. The summed E-state index contributed by atoms with van der Waals surface area (Å²) in [6.07, 6.45) is 5.36. The van der Waals surface area contributed by atoms with Crippen LogP contribution in [-0.2, 0) is 11.2 Å². The molecule has 0 aliphatic carbocycles. The zero-order valence-electron chi connectivity index (χ0n) is 13.4. The number of para-hydroxylation sites is 1. The summed E-state index contributed by atoms with van der Waals surface area (Å²) in [6, 6.07) is 8.38. The number of amides is 1. The molecule has 2 rings (SSSR count). The Morgan fingerprint density at radius 3 is 3.05 bits per heavy atom. The average Bonchev–Trinajstić information content (AvgIpc) is 2.90. The highest BCUT2D eigenvalue weighted by molar-refractivity contribution is 5.78. The van der Waals surface area contributed by atoms with Gasteiger partial charge in [0.25, 0.3) is 0 Å². The summed E-state index contributed by atoms with van der Waals surface area (Å²) >= 11 is 0. The van der Waals surface area contributed by atoms with E-state index >= 15 is 0 Å². The standard InChI is InChI=1S/C18H26N2O2/c1-3-12-19-13-10-16-8-9-18(21)20(16)14-11-15-6-4-5-7-17(15)22-2/h3-7,16,19H,1,8-14H2,2H3/t16-/m0/s1. The SMILES string of the molecule is C=CCNCC[C@@H]1CCC(=O)N1CCc1ccccc1OC. The number of carbonyl (C=O) groups is 1. The first-order valence-corrected chi connectivity index (χ1v) is 7.99. The zero-order valence-corrected chi connectivity index (χ0v) is 13.4. The normalized spacial score (nSPS) is 17.8. The van der Waals surface area contributed by atoms with E-state index in [4.69, 9.17) is 4.74 Å². The van der Waals surface area contributed by atoms with Gasteiger partial charge in [-0.1, -0.05) is 24.3 Å². The number of benzene rings is 1. The van der Waals surface area contributed by atoms with Crippen LogP contribution < -0.4 is 10.1 Å². The van der Waals surface area contributed by atoms with E-state index in [-0.39, 0.29) is 5.91 Å². The number of likely N-dealkylation sites (tertiary alicyclic amines) is 1. The van der Waals surface area contributed by atoms with Crippen LogP contribution >= 0.6 is 0 Å². The van der Waals surface area contributed by atoms with E-state index < -0.39 is 0 Å². The molecule has 0 unspecified atom stereocenters. The third-order valence-electron chi connectivity index (χ3n) is 4.21. The minimum Gasteiger partial charge on any atom is -0.496 e. The van der Waals surface area contributed by atoms with Gasteiger partial charge >= 0.3 is 0 Å². The average molecular weight is 302 g/mol. The predicted octanol–water partition coefficient (Wildman–Crippen LogP) is 2.39. The summed E-state index contributed by atoms with van der Waals surface area (Å²) in [5, 5.41) is 3.31. The molecular weight excluding hydrogens is 276 g/mol. The van der Waals surface area contributed by atoms with E-state index in [0.717, 1.165) is 50.2 Å². The Morgan fingerprint density at radius 2 is 2.27 bits per heavy atom. The lowest BCUT2D eigenvalue weighted by Crippen LogP contribution is -2.36. The van der Waals surface area contributed by atoms with Gasteiger partial charge in [0.05, 0.1) is 7.11 Å². The Kier molecular flexibility index (Phi) is 6.46. The molecule has 1 saturated heterocycles. The van der Waals surface area contributed by atoms with Gasteiger partial charge in [0.15, 0.2) is 0 Å². The molecule has 0 bridgehead atoms. The minimum absolute atomic E-state index is 0.281. The maximum absolute atomic E-state index is 12.1. The molecule has 1 amide bonds. The minimum atomic E-state index is 0.281. The van der Waals surface area contributed by atoms with E-state index in [2.05, 4.69) is 18.0 Å². The molecule has 1 atom stereocenters. The molecule has 1 heterocycles. The summed E-state index contributed by atoms with van der Waals surface area (Å²) in [5.41, 5.74) is 1.16. The van der Waals surface area contributed by atoms with Gasteiger partial charge in [0.1, 0.15) is 5.75 Å². The van der Waals surface area contributed by atoms with E-state index in [1.807, 2.05) is 29.2 Å². The molecule has 22 heavy (non-hydrogen) atoms. The fourth-order valence-electron chi connectivity index (χ4n) is 3.02. The van der Waals surface area contributed by atoms with Crippen molar-refractivity contribution in [3.63, 3.8) is 0 Å². The smallest absolute Gasteiger partial charge is 0.222 e. The van der Waals surface area contributed by atoms with Gasteiger partial charge in [-0.25, -0.2) is 0 Å². The van der Waals surface area contributed by atoms with Gasteiger partial charge in [-0.2, -0.15) is 0 Å². The van der Waals surface area contributed by atoms with Crippen LogP contribution in [0.15, 0.2) is 36.9 Å². The molecule has 1 aliphatic rings. The highest BCUT2D eigenvalue weighted by atomic mass is 16.5. The lowest BCUT2D eigenvalue weighted by Gasteiger charge is -2.25. The summed E-state index contributed by atoms with van der Waals surface area (Å²) < 4.78 is 5.38. The van der Waals surface area contributed by atoms with Gasteiger partial charge in [0.2, 0.25) is 5.91 Å². The molecule has 0 aromatic heterocycles. The summed E-state index contributed by atoms with van der Waals surface area (Å²) in [6.45, 7) is 6.21. The number of hydrogen-bond acceptors (Lipinski definition) is 3. The number of nitrogens with one attached hydrogen (secondary N) is 1. The number of ether oxygens (including phenoxy) is 1. The van der Waals surface area contributed by atoms with Crippen LogP contribution in [0.3, 0.4) is 0 Å². The third-order valence-corrected chi connectivity index (χ3v) is 4.21. The number of hydrogen-bond donors (Lipinski definition) is 1. The van der Waals surface area contributed by atoms with Gasteiger partial charge in [-0.15, -0.1) is 6.58 Å². The van der Waals surface area contributed by atoms with Gasteiger partial charge in [-0.3, -0.25) is 4.79 Å². The van der Waals surface area contributed by atoms with Crippen molar-refractivity contribution in [2.24, 2.45) is 0 Å². The first kappa shape index (κ1) is 16.6. The first-order chi connectivity index (χ1) is 10.8. The van der Waals surface area contributed by atoms with Gasteiger partial charge in [0, 0.05) is 25.6 Å². The highest BCUT2D eigenvalue weighted by Gasteiger charge is 2.29. The molecule has 1 aliphatic heterocycles. The second-order valence-corrected chi connectivity index (χ2v) is 5.62. The Balaban J connectivity index is 1.88. The summed E-state index contributed by atoms with van der Waals surface area (Å²) in [5.74, 6) is 1.18. The number of rotatable bonds is 9. The van der Waals surface area contributed by atoms with Crippen molar-refractivity contribution in [3.8, 4) is 5.75 Å².